The van der Waals surface area contributed by atoms with Gasteiger partial charge in [-0.3, -0.25) is 20.4 Å². The number of halogens is 1. The van der Waals surface area contributed by atoms with E-state index in [2.05, 4.69) is 46.3 Å². The molecule has 2 N–H and O–H groups in total. The molecule has 214 valence electrons. The Morgan fingerprint density at radius 2 is 1.85 bits per heavy atom. The number of nitrogens with two attached hydrogens (primary N) is 1. The Labute approximate surface area is 236 Å². The van der Waals surface area contributed by atoms with Crippen LogP contribution in [0.3, 0.4) is 0 Å². The number of fused-ring (bicyclic) bond motifs is 1. The lowest BCUT2D eigenvalue weighted by Crippen LogP contribution is -2.46. The van der Waals surface area contributed by atoms with Crippen molar-refractivity contribution in [2.75, 3.05) is 39.8 Å². The topological polar surface area (TPSA) is 83.0 Å². The molecule has 1 aliphatic carbocycles. The van der Waals surface area contributed by atoms with Crippen LogP contribution in [-0.2, 0) is 4.79 Å². The van der Waals surface area contributed by atoms with Crippen LogP contribution in [0.4, 0.5) is 4.39 Å². The van der Waals surface area contributed by atoms with Crippen LogP contribution < -0.4 is 5.73 Å². The first kappa shape index (κ1) is 28.4. The number of aromatic nitrogens is 2. The summed E-state index contributed by atoms with van der Waals surface area (Å²) in [7, 11) is 1.94. The van der Waals surface area contributed by atoms with E-state index in [9.17, 15) is 9.18 Å². The average Bonchev–Trinajstić information content (AvgIpc) is 3.25. The standard InChI is InChI=1S/C29H44FN7OS/c1-19-23(30)6-7-24-25(19)33-28(39-29(2,3)4)37(24)22-10-14-36(15-11-22)26(38)21-8-12-35(13-9-21)18-20-16-32-27(31)34(5)17-20/h6-7,16-17,19,21-23,27H,8-15,18,31H2,1-5H3. The number of likely N-dealkylation sites (tertiary alicyclic amines) is 2. The number of rotatable bonds is 5. The lowest BCUT2D eigenvalue weighted by molar-refractivity contribution is -0.138. The summed E-state index contributed by atoms with van der Waals surface area (Å²) in [6.45, 7) is 12.7. The number of carbonyl (C=O) groups excluding carboxylic acids is 1. The molecule has 3 atom stereocenters. The zero-order valence-electron chi connectivity index (χ0n) is 24.0. The number of piperidine rings is 2. The zero-order chi connectivity index (χ0) is 27.9. The molecular formula is C29H44FN7OS. The molecule has 0 bridgehead atoms. The van der Waals surface area contributed by atoms with Crippen LogP contribution >= 0.6 is 11.8 Å². The summed E-state index contributed by atoms with van der Waals surface area (Å²) in [6, 6.07) is 0.265. The number of imidazole rings is 1. The van der Waals surface area contributed by atoms with Crippen molar-refractivity contribution in [1.29, 1.82) is 0 Å². The van der Waals surface area contributed by atoms with Gasteiger partial charge in [0.15, 0.2) is 11.4 Å². The van der Waals surface area contributed by atoms with Crippen LogP contribution in [0.1, 0.15) is 76.7 Å². The molecule has 0 spiro atoms. The van der Waals surface area contributed by atoms with Gasteiger partial charge in [-0.15, -0.1) is 0 Å². The minimum atomic E-state index is -0.994. The van der Waals surface area contributed by atoms with Gasteiger partial charge < -0.3 is 14.4 Å². The maximum Gasteiger partial charge on any atom is 0.225 e. The van der Waals surface area contributed by atoms with Gasteiger partial charge in [-0.1, -0.05) is 39.5 Å². The summed E-state index contributed by atoms with van der Waals surface area (Å²) in [5.74, 6) is 0.169. The second-order valence-corrected chi connectivity index (χ2v) is 14.3. The highest BCUT2D eigenvalue weighted by Crippen LogP contribution is 2.41. The summed E-state index contributed by atoms with van der Waals surface area (Å²) in [5.41, 5.74) is 8.98. The van der Waals surface area contributed by atoms with E-state index in [0.29, 0.717) is 5.91 Å². The van der Waals surface area contributed by atoms with Gasteiger partial charge in [0.1, 0.15) is 6.17 Å². The van der Waals surface area contributed by atoms with Crippen LogP contribution in [0.15, 0.2) is 28.0 Å². The number of thioether (sulfide) groups is 1. The van der Waals surface area contributed by atoms with Gasteiger partial charge in [-0.2, -0.15) is 0 Å². The fraction of sp³-hybridized carbons (Fsp3) is 0.690. The Bertz CT molecular complexity index is 1140. The molecule has 4 aliphatic rings. The second kappa shape index (κ2) is 11.4. The molecule has 1 aromatic heterocycles. The molecule has 8 nitrogen and oxygen atoms in total. The van der Waals surface area contributed by atoms with E-state index in [1.165, 1.54) is 0 Å². The number of hydrogen-bond acceptors (Lipinski definition) is 7. The van der Waals surface area contributed by atoms with E-state index >= 15 is 0 Å². The van der Waals surface area contributed by atoms with Crippen molar-refractivity contribution in [2.45, 2.75) is 87.7 Å². The minimum absolute atomic E-state index is 0.00237. The highest BCUT2D eigenvalue weighted by molar-refractivity contribution is 8.00. The summed E-state index contributed by atoms with van der Waals surface area (Å²) in [4.78, 5) is 29.2. The SMILES string of the molecule is CC1c2nc(SC(C)(C)C)n(C3CCN(C(=O)C4CCN(CC5=CN(C)C(N)N=C5)CC4)CC3)c2C=CC1F. The van der Waals surface area contributed by atoms with Crippen molar-refractivity contribution in [3.05, 3.63) is 29.2 Å². The van der Waals surface area contributed by atoms with Crippen molar-refractivity contribution in [1.82, 2.24) is 24.3 Å². The van der Waals surface area contributed by atoms with E-state index in [-0.39, 0.29) is 28.9 Å². The predicted molar refractivity (Wildman–Crippen MR) is 157 cm³/mol. The van der Waals surface area contributed by atoms with Crippen molar-refractivity contribution in [2.24, 2.45) is 16.6 Å². The predicted octanol–water partition coefficient (Wildman–Crippen LogP) is 4.26. The molecule has 5 rings (SSSR count). The van der Waals surface area contributed by atoms with Gasteiger partial charge in [0, 0.05) is 67.3 Å². The molecule has 10 heteroatoms. The van der Waals surface area contributed by atoms with Crippen LogP contribution in [0, 0.1) is 5.92 Å². The Balaban J connectivity index is 1.18. The van der Waals surface area contributed by atoms with Gasteiger partial charge in [-0.25, -0.2) is 9.37 Å². The molecule has 3 aliphatic heterocycles. The Morgan fingerprint density at radius 1 is 1.15 bits per heavy atom. The summed E-state index contributed by atoms with van der Waals surface area (Å²) in [6.07, 6.45) is 9.83. The van der Waals surface area contributed by atoms with Crippen LogP contribution in [0.5, 0.6) is 0 Å². The van der Waals surface area contributed by atoms with Gasteiger partial charge >= 0.3 is 0 Å². The van der Waals surface area contributed by atoms with Crippen LogP contribution in [0.2, 0.25) is 0 Å². The van der Waals surface area contributed by atoms with Gasteiger partial charge in [-0.05, 0) is 50.9 Å². The molecule has 0 radical (unpaired) electrons. The molecular weight excluding hydrogens is 513 g/mol. The van der Waals surface area contributed by atoms with E-state index in [4.69, 9.17) is 10.7 Å². The highest BCUT2D eigenvalue weighted by atomic mass is 32.2. The number of alkyl halides is 1. The lowest BCUT2D eigenvalue weighted by Gasteiger charge is -2.38. The molecule has 1 amide bonds. The van der Waals surface area contributed by atoms with Crippen molar-refractivity contribution in [3.63, 3.8) is 0 Å². The van der Waals surface area contributed by atoms with E-state index in [1.54, 1.807) is 17.8 Å². The number of nitrogens with zero attached hydrogens (tertiary/aromatic N) is 6. The van der Waals surface area contributed by atoms with Crippen LogP contribution in [-0.4, -0.2) is 93.4 Å². The van der Waals surface area contributed by atoms with Crippen molar-refractivity contribution in [3.8, 4) is 0 Å². The minimum Gasteiger partial charge on any atom is -0.347 e. The zero-order valence-corrected chi connectivity index (χ0v) is 24.8. The largest absolute Gasteiger partial charge is 0.347 e. The van der Waals surface area contributed by atoms with Crippen LogP contribution in [0.25, 0.3) is 6.08 Å². The summed E-state index contributed by atoms with van der Waals surface area (Å²) in [5, 5.41) is 0.974. The number of carbonyl (C=O) groups is 1. The Hall–Kier alpha value is -2.17. The number of hydrogen-bond donors (Lipinski definition) is 1. The normalized spacial score (nSPS) is 27.2. The average molecular weight is 558 g/mol. The third-order valence-electron chi connectivity index (χ3n) is 8.35. The molecule has 0 aromatic carbocycles. The first-order valence-corrected chi connectivity index (χ1v) is 15.2. The Morgan fingerprint density at radius 3 is 2.49 bits per heavy atom. The molecule has 1 aromatic rings. The fourth-order valence-corrected chi connectivity index (χ4v) is 7.11. The van der Waals surface area contributed by atoms with Gasteiger partial charge in [0.25, 0.3) is 0 Å². The quantitative estimate of drug-likeness (QED) is 0.545. The molecule has 3 unspecified atom stereocenters. The van der Waals surface area contributed by atoms with E-state index < -0.39 is 6.17 Å². The summed E-state index contributed by atoms with van der Waals surface area (Å²) < 4.78 is 16.8. The molecule has 2 saturated heterocycles. The maximum atomic E-state index is 14.5. The number of amides is 1. The van der Waals surface area contributed by atoms with Gasteiger partial charge in [0.2, 0.25) is 5.91 Å². The smallest absolute Gasteiger partial charge is 0.225 e. The second-order valence-electron chi connectivity index (χ2n) is 12.5. The van der Waals surface area contributed by atoms with E-state index in [0.717, 1.165) is 80.5 Å². The monoisotopic (exact) mass is 557 g/mol. The number of allylic oxidation sites excluding steroid dienone is 1. The molecule has 39 heavy (non-hydrogen) atoms. The Kier molecular flexibility index (Phi) is 8.27. The third-order valence-corrected chi connectivity index (χ3v) is 9.44. The van der Waals surface area contributed by atoms with Crippen molar-refractivity contribution < 1.29 is 9.18 Å². The first-order chi connectivity index (χ1) is 18.5. The molecule has 0 saturated carbocycles. The van der Waals surface area contributed by atoms with Crippen molar-refractivity contribution >= 4 is 30.0 Å². The molecule has 2 fully saturated rings. The fourth-order valence-electron chi connectivity index (χ4n) is 6.07. The maximum absolute atomic E-state index is 14.5. The third kappa shape index (κ3) is 6.28. The first-order valence-electron chi connectivity index (χ1n) is 14.4. The number of aliphatic imine (C=N–C) groups is 1. The summed E-state index contributed by atoms with van der Waals surface area (Å²) >= 11 is 1.75. The highest BCUT2D eigenvalue weighted by Gasteiger charge is 2.36. The molecule has 4 heterocycles. The van der Waals surface area contributed by atoms with Gasteiger partial charge in [0.05, 0.1) is 11.4 Å². The van der Waals surface area contributed by atoms with E-state index in [1.807, 2.05) is 31.2 Å². The lowest BCUT2D eigenvalue weighted by atomic mass is 9.93.